The first-order chi connectivity index (χ1) is 17.7. The highest BCUT2D eigenvalue weighted by atomic mass is 19.4. The molecular formula is C27H28F6N3O2+. The average Bonchev–Trinajstić information content (AvgIpc) is 2.85. The Bertz CT molecular complexity index is 1330. The lowest BCUT2D eigenvalue weighted by Crippen LogP contribution is -2.58. The normalized spacial score (nSPS) is 18.9. The first-order valence-electron chi connectivity index (χ1n) is 12.2. The molecule has 0 heterocycles. The summed E-state index contributed by atoms with van der Waals surface area (Å²) in [5, 5.41) is 5.48. The second-order valence-electron chi connectivity index (χ2n) is 10.4. The predicted octanol–water partition coefficient (Wildman–Crippen LogP) is 6.06. The molecule has 1 saturated carbocycles. The summed E-state index contributed by atoms with van der Waals surface area (Å²) >= 11 is 0. The summed E-state index contributed by atoms with van der Waals surface area (Å²) in [6, 6.07) is 10.7. The summed E-state index contributed by atoms with van der Waals surface area (Å²) in [5.74, 6) is 0. The molecule has 0 amide bonds. The third-order valence-electron chi connectivity index (χ3n) is 7.16. The van der Waals surface area contributed by atoms with Gasteiger partial charge in [-0.25, -0.2) is 0 Å². The fraction of sp³-hybridized carbons (Fsp3) is 0.407. The largest absolute Gasteiger partial charge is 0.416 e. The average molecular weight is 541 g/mol. The van der Waals surface area contributed by atoms with Gasteiger partial charge in [0.1, 0.15) is 24.0 Å². The molecule has 2 atom stereocenters. The van der Waals surface area contributed by atoms with E-state index >= 15 is 0 Å². The Kier molecular flexibility index (Phi) is 7.35. The Balaban J connectivity index is 1.61. The number of rotatable bonds is 7. The van der Waals surface area contributed by atoms with Crippen LogP contribution in [0.2, 0.25) is 0 Å². The van der Waals surface area contributed by atoms with Crippen molar-refractivity contribution in [2.24, 2.45) is 0 Å². The molecule has 0 aromatic heterocycles. The molecule has 0 aliphatic heterocycles. The second kappa shape index (κ2) is 10.1. The zero-order valence-electron chi connectivity index (χ0n) is 20.8. The van der Waals surface area contributed by atoms with Gasteiger partial charge in [0, 0.05) is 17.7 Å². The lowest BCUT2D eigenvalue weighted by atomic mass is 9.87. The van der Waals surface area contributed by atoms with Crippen LogP contribution in [0.25, 0.3) is 0 Å². The van der Waals surface area contributed by atoms with E-state index in [0.717, 1.165) is 24.8 Å². The molecule has 0 spiro atoms. The Morgan fingerprint density at radius 1 is 0.816 bits per heavy atom. The van der Waals surface area contributed by atoms with Crippen LogP contribution >= 0.6 is 0 Å². The Labute approximate surface area is 215 Å². The van der Waals surface area contributed by atoms with E-state index < -0.39 is 40.0 Å². The number of quaternary nitrogens is 1. The number of hydrogen-bond donors (Lipinski definition) is 2. The number of halogens is 6. The van der Waals surface area contributed by atoms with Gasteiger partial charge in [0.05, 0.1) is 31.3 Å². The van der Waals surface area contributed by atoms with Gasteiger partial charge in [-0.05, 0) is 31.0 Å². The summed E-state index contributed by atoms with van der Waals surface area (Å²) in [7, 11) is 4.14. The number of nitrogens with one attached hydrogen (secondary N) is 2. The van der Waals surface area contributed by atoms with Crippen molar-refractivity contribution in [2.75, 3.05) is 24.7 Å². The molecule has 1 aliphatic rings. The summed E-state index contributed by atoms with van der Waals surface area (Å²) in [4.78, 5) is 24.8. The molecule has 0 bridgehead atoms. The molecule has 3 aromatic rings. The smallest absolute Gasteiger partial charge is 0.371 e. The third kappa shape index (κ3) is 5.87. The van der Waals surface area contributed by atoms with E-state index in [0.29, 0.717) is 29.6 Å². The maximum absolute atomic E-state index is 13.3. The van der Waals surface area contributed by atoms with Gasteiger partial charge in [-0.2, -0.15) is 26.3 Å². The molecule has 4 rings (SSSR count). The van der Waals surface area contributed by atoms with Gasteiger partial charge in [0.15, 0.2) is 0 Å². The van der Waals surface area contributed by atoms with Gasteiger partial charge in [-0.1, -0.05) is 36.8 Å². The molecule has 5 nitrogen and oxygen atoms in total. The van der Waals surface area contributed by atoms with E-state index in [2.05, 4.69) is 24.7 Å². The van der Waals surface area contributed by atoms with Crippen molar-refractivity contribution in [2.45, 2.75) is 56.7 Å². The van der Waals surface area contributed by atoms with Crippen molar-refractivity contribution in [3.8, 4) is 0 Å². The number of alkyl halides is 6. The van der Waals surface area contributed by atoms with E-state index in [1.54, 1.807) is 0 Å². The Morgan fingerprint density at radius 2 is 1.37 bits per heavy atom. The summed E-state index contributed by atoms with van der Waals surface area (Å²) in [6.45, 7) is 0.713. The molecule has 0 saturated heterocycles. The maximum Gasteiger partial charge on any atom is 0.416 e. The van der Waals surface area contributed by atoms with Gasteiger partial charge < -0.3 is 15.1 Å². The van der Waals surface area contributed by atoms with E-state index in [4.69, 9.17) is 0 Å². The number of anilines is 3. The van der Waals surface area contributed by atoms with Crippen molar-refractivity contribution in [3.05, 3.63) is 85.7 Å². The molecule has 0 radical (unpaired) electrons. The Hall–Kier alpha value is -3.34. The molecule has 11 heteroatoms. The minimum absolute atomic E-state index is 0.00578. The first-order valence-corrected chi connectivity index (χ1v) is 12.2. The maximum atomic E-state index is 13.3. The number of nitrogens with zero attached hydrogens (tertiary/aromatic N) is 1. The highest BCUT2D eigenvalue weighted by molar-refractivity contribution is 5.79. The standard InChI is InChI=1S/C27H27F6N3O2/c1-36(2,15-16-8-4-3-5-9-16)21-11-7-6-10-20(21)35-23-22(24(37)25(23)38)34-19-13-17(26(28,29)30)12-18(14-19)27(31,32)33/h3-5,8-9,12-14,20-21H,6-7,10-11,15H2,1-2H3,(H-,34,35,37,38)/p+1/t20-,21-/m0/s1. The van der Waals surface area contributed by atoms with Crippen LogP contribution in [0, 0.1) is 0 Å². The first kappa shape index (κ1) is 27.7. The molecule has 1 aliphatic carbocycles. The van der Waals surface area contributed by atoms with Gasteiger partial charge in [0.2, 0.25) is 0 Å². The van der Waals surface area contributed by atoms with E-state index in [1.807, 2.05) is 30.3 Å². The van der Waals surface area contributed by atoms with Crippen LogP contribution in [-0.4, -0.2) is 30.7 Å². The van der Waals surface area contributed by atoms with Gasteiger partial charge in [0.25, 0.3) is 10.9 Å². The van der Waals surface area contributed by atoms with E-state index in [9.17, 15) is 35.9 Å². The van der Waals surface area contributed by atoms with Crippen molar-refractivity contribution in [3.63, 3.8) is 0 Å². The molecule has 0 unspecified atom stereocenters. The Morgan fingerprint density at radius 3 is 1.95 bits per heavy atom. The van der Waals surface area contributed by atoms with Gasteiger partial charge in [-0.3, -0.25) is 9.59 Å². The molecule has 2 N–H and O–H groups in total. The van der Waals surface area contributed by atoms with Crippen LogP contribution in [0.5, 0.6) is 0 Å². The lowest BCUT2D eigenvalue weighted by Gasteiger charge is -2.45. The SMILES string of the molecule is C[N+](C)(Cc1ccccc1)[C@H]1CCCC[C@@H]1Nc1c(Nc2cc(C(F)(F)F)cc(C(F)(F)F)c2)c(=O)c1=O. The number of benzene rings is 2. The topological polar surface area (TPSA) is 58.2 Å². The summed E-state index contributed by atoms with van der Waals surface area (Å²) in [6.07, 6.45) is -6.69. The zero-order chi connectivity index (χ0) is 27.9. The van der Waals surface area contributed by atoms with Crippen molar-refractivity contribution in [1.82, 2.24) is 0 Å². The highest BCUT2D eigenvalue weighted by Gasteiger charge is 2.40. The lowest BCUT2D eigenvalue weighted by molar-refractivity contribution is -0.929. The van der Waals surface area contributed by atoms with Crippen LogP contribution < -0.4 is 21.5 Å². The highest BCUT2D eigenvalue weighted by Crippen LogP contribution is 2.39. The zero-order valence-corrected chi connectivity index (χ0v) is 20.8. The quantitative estimate of drug-likeness (QED) is 0.217. The molecule has 3 aromatic carbocycles. The second-order valence-corrected chi connectivity index (χ2v) is 10.4. The van der Waals surface area contributed by atoms with Crippen LogP contribution in [-0.2, 0) is 18.9 Å². The van der Waals surface area contributed by atoms with Crippen molar-refractivity contribution < 1.29 is 30.8 Å². The van der Waals surface area contributed by atoms with Crippen LogP contribution in [0.4, 0.5) is 43.4 Å². The van der Waals surface area contributed by atoms with E-state index in [1.165, 1.54) is 0 Å². The fourth-order valence-electron chi connectivity index (χ4n) is 5.29. The summed E-state index contributed by atoms with van der Waals surface area (Å²) < 4.78 is 80.2. The van der Waals surface area contributed by atoms with E-state index in [-0.39, 0.29) is 29.5 Å². The van der Waals surface area contributed by atoms with Gasteiger partial charge >= 0.3 is 12.4 Å². The van der Waals surface area contributed by atoms with Crippen molar-refractivity contribution >= 4 is 17.1 Å². The number of hydrogen-bond acceptors (Lipinski definition) is 4. The van der Waals surface area contributed by atoms with Crippen LogP contribution in [0.15, 0.2) is 58.1 Å². The number of likely N-dealkylation sites (N-methyl/N-ethyl adjacent to an activating group) is 1. The molecule has 1 fully saturated rings. The minimum Gasteiger partial charge on any atom is -0.371 e. The summed E-state index contributed by atoms with van der Waals surface area (Å²) in [5.41, 5.74) is -4.79. The monoisotopic (exact) mass is 540 g/mol. The van der Waals surface area contributed by atoms with Crippen molar-refractivity contribution in [1.29, 1.82) is 0 Å². The molecular weight excluding hydrogens is 512 g/mol. The molecule has 204 valence electrons. The van der Waals surface area contributed by atoms with Crippen LogP contribution in [0.1, 0.15) is 42.4 Å². The fourth-order valence-corrected chi connectivity index (χ4v) is 5.29. The molecule has 38 heavy (non-hydrogen) atoms. The third-order valence-corrected chi connectivity index (χ3v) is 7.16. The minimum atomic E-state index is -5.04. The predicted molar refractivity (Wildman–Crippen MR) is 133 cm³/mol. The van der Waals surface area contributed by atoms with Crippen LogP contribution in [0.3, 0.4) is 0 Å². The van der Waals surface area contributed by atoms with Gasteiger partial charge in [-0.15, -0.1) is 0 Å².